The van der Waals surface area contributed by atoms with Crippen molar-refractivity contribution in [3.8, 4) is 0 Å². The van der Waals surface area contributed by atoms with Gasteiger partial charge in [-0.25, -0.2) is 0 Å². The SMILES string of the molecule is CCC(CC)c1cc[n+](CC(=O)Nc2ccc(Cl)c(C(F)(F)F)c2)cc1. The van der Waals surface area contributed by atoms with Gasteiger partial charge < -0.3 is 5.32 Å². The summed E-state index contributed by atoms with van der Waals surface area (Å²) in [6.45, 7) is 4.27. The van der Waals surface area contributed by atoms with Crippen LogP contribution in [0.5, 0.6) is 0 Å². The van der Waals surface area contributed by atoms with Crippen molar-refractivity contribution in [2.75, 3.05) is 5.32 Å². The summed E-state index contributed by atoms with van der Waals surface area (Å²) in [6, 6.07) is 7.24. The van der Waals surface area contributed by atoms with E-state index in [1.54, 1.807) is 17.0 Å². The van der Waals surface area contributed by atoms with Gasteiger partial charge in [-0.1, -0.05) is 25.4 Å². The largest absolute Gasteiger partial charge is 0.417 e. The predicted molar refractivity (Wildman–Crippen MR) is 95.0 cm³/mol. The third-order valence-corrected chi connectivity index (χ3v) is 4.59. The molecule has 1 aromatic carbocycles. The first-order chi connectivity index (χ1) is 12.2. The van der Waals surface area contributed by atoms with Crippen LogP contribution in [0.1, 0.15) is 43.7 Å². The molecule has 140 valence electrons. The molecule has 0 unspecified atom stereocenters. The number of alkyl halides is 3. The monoisotopic (exact) mass is 385 g/mol. The molecule has 7 heteroatoms. The van der Waals surface area contributed by atoms with Crippen molar-refractivity contribution in [3.63, 3.8) is 0 Å². The zero-order valence-corrected chi connectivity index (χ0v) is 15.4. The standard InChI is InChI=1S/C19H20ClF3N2O/c1-3-13(4-2)14-7-9-25(10-8-14)12-18(26)24-15-5-6-17(20)16(11-15)19(21,22)23/h5-11,13H,3-4,12H2,1-2H3/p+1. The number of halogens is 4. The van der Waals surface area contributed by atoms with Crippen LogP contribution in [0.3, 0.4) is 0 Å². The summed E-state index contributed by atoms with van der Waals surface area (Å²) >= 11 is 5.57. The summed E-state index contributed by atoms with van der Waals surface area (Å²) in [5.74, 6) is 0.0639. The predicted octanol–water partition coefficient (Wildman–Crippen LogP) is 5.19. The topological polar surface area (TPSA) is 33.0 Å². The Kier molecular flexibility index (Phi) is 6.64. The molecule has 1 heterocycles. The zero-order chi connectivity index (χ0) is 19.3. The first-order valence-electron chi connectivity index (χ1n) is 8.40. The van der Waals surface area contributed by atoms with Crippen LogP contribution in [0.4, 0.5) is 18.9 Å². The van der Waals surface area contributed by atoms with Crippen molar-refractivity contribution in [1.29, 1.82) is 0 Å². The molecule has 0 aliphatic carbocycles. The second-order valence-corrected chi connectivity index (χ2v) is 6.46. The van der Waals surface area contributed by atoms with E-state index in [0.29, 0.717) is 5.92 Å². The van der Waals surface area contributed by atoms with E-state index in [-0.39, 0.29) is 12.2 Å². The van der Waals surface area contributed by atoms with Crippen LogP contribution >= 0.6 is 11.6 Å². The Morgan fingerprint density at radius 1 is 1.15 bits per heavy atom. The molecule has 0 spiro atoms. The molecule has 0 bridgehead atoms. The van der Waals surface area contributed by atoms with Crippen LogP contribution in [0.25, 0.3) is 0 Å². The molecular formula is C19H21ClF3N2O+. The van der Waals surface area contributed by atoms with E-state index in [2.05, 4.69) is 19.2 Å². The van der Waals surface area contributed by atoms with Crippen LogP contribution in [0, 0.1) is 0 Å². The molecule has 0 saturated heterocycles. The number of amides is 1. The fraction of sp³-hybridized carbons (Fsp3) is 0.368. The molecule has 1 N–H and O–H groups in total. The normalized spacial score (nSPS) is 11.7. The number of rotatable bonds is 6. The van der Waals surface area contributed by atoms with E-state index in [4.69, 9.17) is 11.6 Å². The van der Waals surface area contributed by atoms with Gasteiger partial charge in [-0.15, -0.1) is 0 Å². The fourth-order valence-corrected chi connectivity index (χ4v) is 3.02. The highest BCUT2D eigenvalue weighted by Gasteiger charge is 2.33. The van der Waals surface area contributed by atoms with Gasteiger partial charge in [-0.2, -0.15) is 17.7 Å². The summed E-state index contributed by atoms with van der Waals surface area (Å²) in [6.07, 6.45) is 1.11. The maximum Gasteiger partial charge on any atom is 0.417 e. The number of nitrogens with zero attached hydrogens (tertiary/aromatic N) is 1. The molecule has 3 nitrogen and oxygen atoms in total. The molecule has 0 aliphatic heterocycles. The number of pyridine rings is 1. The minimum Gasteiger partial charge on any atom is -0.321 e. The second-order valence-electron chi connectivity index (χ2n) is 6.06. The van der Waals surface area contributed by atoms with E-state index >= 15 is 0 Å². The zero-order valence-electron chi connectivity index (χ0n) is 14.6. The molecule has 2 rings (SSSR count). The minimum atomic E-state index is -4.57. The van der Waals surface area contributed by atoms with Crippen LogP contribution in [-0.4, -0.2) is 5.91 Å². The summed E-state index contributed by atoms with van der Waals surface area (Å²) in [5, 5.41) is 2.07. The van der Waals surface area contributed by atoms with Crippen LogP contribution in [-0.2, 0) is 17.5 Å². The molecule has 0 radical (unpaired) electrons. The lowest BCUT2D eigenvalue weighted by molar-refractivity contribution is -0.684. The Balaban J connectivity index is 2.05. The molecule has 0 atom stereocenters. The van der Waals surface area contributed by atoms with Crippen molar-refractivity contribution < 1.29 is 22.5 Å². The Hall–Kier alpha value is -2.08. The highest BCUT2D eigenvalue weighted by molar-refractivity contribution is 6.31. The summed E-state index contributed by atoms with van der Waals surface area (Å²) in [4.78, 5) is 12.1. The molecule has 1 aromatic heterocycles. The number of anilines is 1. The van der Waals surface area contributed by atoms with E-state index in [0.717, 1.165) is 25.0 Å². The molecule has 2 aromatic rings. The average Bonchev–Trinajstić information content (AvgIpc) is 2.58. The Morgan fingerprint density at radius 2 is 1.77 bits per heavy atom. The summed E-state index contributed by atoms with van der Waals surface area (Å²) in [5.41, 5.74) is 0.291. The molecule has 1 amide bonds. The van der Waals surface area contributed by atoms with Crippen LogP contribution < -0.4 is 9.88 Å². The van der Waals surface area contributed by atoms with Gasteiger partial charge in [0.25, 0.3) is 5.91 Å². The average molecular weight is 386 g/mol. The lowest BCUT2D eigenvalue weighted by Crippen LogP contribution is -2.39. The van der Waals surface area contributed by atoms with Crippen molar-refractivity contribution in [1.82, 2.24) is 0 Å². The number of aromatic nitrogens is 1. The fourth-order valence-electron chi connectivity index (χ4n) is 2.79. The van der Waals surface area contributed by atoms with Crippen molar-refractivity contribution in [2.24, 2.45) is 0 Å². The number of benzene rings is 1. The van der Waals surface area contributed by atoms with E-state index in [1.807, 2.05) is 12.1 Å². The third-order valence-electron chi connectivity index (χ3n) is 4.26. The maximum atomic E-state index is 12.9. The third kappa shape index (κ3) is 5.21. The lowest BCUT2D eigenvalue weighted by atomic mass is 9.95. The number of carbonyl (C=O) groups excluding carboxylic acids is 1. The maximum absolute atomic E-state index is 12.9. The van der Waals surface area contributed by atoms with Gasteiger partial charge >= 0.3 is 6.18 Å². The molecule has 26 heavy (non-hydrogen) atoms. The smallest absolute Gasteiger partial charge is 0.321 e. The highest BCUT2D eigenvalue weighted by atomic mass is 35.5. The van der Waals surface area contributed by atoms with E-state index in [9.17, 15) is 18.0 Å². The Bertz CT molecular complexity index is 756. The van der Waals surface area contributed by atoms with Gasteiger partial charge in [0.2, 0.25) is 6.54 Å². The number of carbonyl (C=O) groups is 1. The van der Waals surface area contributed by atoms with Gasteiger partial charge in [-0.05, 0) is 42.5 Å². The van der Waals surface area contributed by atoms with Gasteiger partial charge in [0.15, 0.2) is 12.4 Å². The minimum absolute atomic E-state index is 0.00712. The number of hydrogen-bond acceptors (Lipinski definition) is 1. The van der Waals surface area contributed by atoms with E-state index in [1.165, 1.54) is 11.6 Å². The molecule has 0 saturated carbocycles. The van der Waals surface area contributed by atoms with Crippen LogP contribution in [0.2, 0.25) is 5.02 Å². The van der Waals surface area contributed by atoms with Crippen LogP contribution in [0.15, 0.2) is 42.7 Å². The number of hydrogen-bond donors (Lipinski definition) is 1. The van der Waals surface area contributed by atoms with E-state index < -0.39 is 22.7 Å². The quantitative estimate of drug-likeness (QED) is 0.682. The van der Waals surface area contributed by atoms with Gasteiger partial charge in [0.05, 0.1) is 10.6 Å². The van der Waals surface area contributed by atoms with Crippen molar-refractivity contribution in [3.05, 3.63) is 58.9 Å². The summed E-state index contributed by atoms with van der Waals surface area (Å²) < 4.78 is 40.3. The Morgan fingerprint density at radius 3 is 2.31 bits per heavy atom. The molecule has 0 fully saturated rings. The van der Waals surface area contributed by atoms with Gasteiger partial charge in [0, 0.05) is 17.8 Å². The first kappa shape index (κ1) is 20.2. The lowest BCUT2D eigenvalue weighted by Gasteiger charge is -2.12. The Labute approximate surface area is 155 Å². The molecule has 0 aliphatic rings. The second kappa shape index (κ2) is 8.54. The van der Waals surface area contributed by atoms with Gasteiger partial charge in [-0.3, -0.25) is 4.79 Å². The van der Waals surface area contributed by atoms with Gasteiger partial charge in [0.1, 0.15) is 0 Å². The van der Waals surface area contributed by atoms with Crippen molar-refractivity contribution in [2.45, 2.75) is 45.3 Å². The molecular weight excluding hydrogens is 365 g/mol. The summed E-state index contributed by atoms with van der Waals surface area (Å²) in [7, 11) is 0. The number of nitrogens with one attached hydrogen (secondary N) is 1. The van der Waals surface area contributed by atoms with Crippen molar-refractivity contribution >= 4 is 23.2 Å². The highest BCUT2D eigenvalue weighted by Crippen LogP contribution is 2.36. The first-order valence-corrected chi connectivity index (χ1v) is 8.78.